The van der Waals surface area contributed by atoms with Crippen LogP contribution in [-0.4, -0.2) is 54.3 Å². The molecule has 198 valence electrons. The fourth-order valence-electron chi connectivity index (χ4n) is 3.10. The molecule has 12 heteroatoms. The second kappa shape index (κ2) is 14.4. The van der Waals surface area contributed by atoms with Crippen molar-refractivity contribution >= 4 is 42.3 Å². The van der Waals surface area contributed by atoms with E-state index in [4.69, 9.17) is 13.6 Å². The second-order valence-corrected chi connectivity index (χ2v) is 11.5. The smallest absolute Gasteiger partial charge is 0.355 e. The molecule has 1 aliphatic heterocycles. The monoisotopic (exact) mass is 540 g/mol. The summed E-state index contributed by atoms with van der Waals surface area (Å²) in [6.45, 7) is 5.48. The molecule has 1 saturated heterocycles. The lowest BCUT2D eigenvalue weighted by atomic mass is 9.87. The van der Waals surface area contributed by atoms with Gasteiger partial charge < -0.3 is 10.6 Å². The van der Waals surface area contributed by atoms with Crippen molar-refractivity contribution in [3.8, 4) is 0 Å². The molecule has 1 heterocycles. The Morgan fingerprint density at radius 2 is 1.89 bits per heavy atom. The van der Waals surface area contributed by atoms with Gasteiger partial charge in [-0.1, -0.05) is 62.0 Å². The molecule has 0 aliphatic carbocycles. The summed E-state index contributed by atoms with van der Waals surface area (Å²) < 4.78 is 29.2. The van der Waals surface area contributed by atoms with Crippen molar-refractivity contribution in [1.29, 1.82) is 0 Å². The predicted octanol–water partition coefficient (Wildman–Crippen LogP) is 3.17. The first-order valence-electron chi connectivity index (χ1n) is 11.5. The molecule has 1 aromatic carbocycles. The van der Waals surface area contributed by atoms with E-state index in [0.717, 1.165) is 17.3 Å². The number of phosphoric acid groups is 1. The van der Waals surface area contributed by atoms with Crippen molar-refractivity contribution in [2.75, 3.05) is 25.4 Å². The van der Waals surface area contributed by atoms with Crippen LogP contribution in [0.4, 0.5) is 0 Å². The zero-order chi connectivity index (χ0) is 26.6. The highest BCUT2D eigenvalue weighted by Gasteiger charge is 2.49. The van der Waals surface area contributed by atoms with Crippen molar-refractivity contribution in [1.82, 2.24) is 10.6 Å². The van der Waals surface area contributed by atoms with Crippen LogP contribution in [0.3, 0.4) is 0 Å². The first kappa shape index (κ1) is 29.9. The van der Waals surface area contributed by atoms with Gasteiger partial charge in [-0.05, 0) is 18.6 Å². The zero-order valence-corrected chi connectivity index (χ0v) is 22.4. The third-order valence-electron chi connectivity index (χ3n) is 5.02. The SMILES string of the molecule is C/C=C/C(=O)CC(=O)SCCNC(=O)CCNC(=O)[C@H]1OP(=O)(OCc2ccccc2)OCC1(C)C. The third-order valence-corrected chi connectivity index (χ3v) is 7.25. The molecule has 2 atom stereocenters. The standard InChI is InChI=1S/C24H33N2O8PS/c1-4-8-19(27)15-21(29)36-14-13-25-20(28)11-12-26-23(30)22-24(2,3)17-33-35(31,34-22)32-16-18-9-6-5-7-10-18/h4-10,22H,11-17H2,1-3H3,(H,25,28)(H,26,30)/b8-4+/t22-,35?/m1/s1. The summed E-state index contributed by atoms with van der Waals surface area (Å²) in [5.41, 5.74) is 0.00991. The number of rotatable bonds is 13. The Balaban J connectivity index is 1.72. The molecular weight excluding hydrogens is 507 g/mol. The van der Waals surface area contributed by atoms with Gasteiger partial charge in [0.25, 0.3) is 0 Å². The van der Waals surface area contributed by atoms with Crippen LogP contribution in [0.25, 0.3) is 0 Å². The molecule has 2 N–H and O–H groups in total. The highest BCUT2D eigenvalue weighted by atomic mass is 32.2. The maximum Gasteiger partial charge on any atom is 0.475 e. The van der Waals surface area contributed by atoms with E-state index >= 15 is 0 Å². The number of benzene rings is 1. The highest BCUT2D eigenvalue weighted by molar-refractivity contribution is 8.13. The maximum absolute atomic E-state index is 12.9. The topological polar surface area (TPSA) is 137 Å². The van der Waals surface area contributed by atoms with Gasteiger partial charge in [-0.25, -0.2) is 4.57 Å². The van der Waals surface area contributed by atoms with Gasteiger partial charge in [0.1, 0.15) is 0 Å². The maximum atomic E-state index is 12.9. The number of hydrogen-bond acceptors (Lipinski definition) is 9. The summed E-state index contributed by atoms with van der Waals surface area (Å²) >= 11 is 0.977. The molecule has 0 spiro atoms. The minimum Gasteiger partial charge on any atom is -0.355 e. The van der Waals surface area contributed by atoms with Gasteiger partial charge in [0, 0.05) is 30.7 Å². The minimum atomic E-state index is -3.95. The fraction of sp³-hybridized carbons (Fsp3) is 0.500. The Morgan fingerprint density at radius 1 is 1.17 bits per heavy atom. The zero-order valence-electron chi connectivity index (χ0n) is 20.7. The lowest BCUT2D eigenvalue weighted by molar-refractivity contribution is -0.141. The van der Waals surface area contributed by atoms with Gasteiger partial charge >= 0.3 is 7.82 Å². The first-order chi connectivity index (χ1) is 17.0. The number of carbonyl (C=O) groups excluding carboxylic acids is 4. The Morgan fingerprint density at radius 3 is 2.58 bits per heavy atom. The Kier molecular flexibility index (Phi) is 12.0. The average Bonchev–Trinajstić information content (AvgIpc) is 2.83. The van der Waals surface area contributed by atoms with Crippen LogP contribution in [-0.2, 0) is 43.9 Å². The van der Waals surface area contributed by atoms with Crippen LogP contribution >= 0.6 is 19.6 Å². The molecule has 10 nitrogen and oxygen atoms in total. The lowest BCUT2D eigenvalue weighted by Gasteiger charge is -2.39. The van der Waals surface area contributed by atoms with Gasteiger partial charge in [0.05, 0.1) is 19.6 Å². The number of allylic oxidation sites excluding steroid dienone is 2. The molecular formula is C24H33N2O8PS. The molecule has 0 saturated carbocycles. The Bertz CT molecular complexity index is 999. The van der Waals surface area contributed by atoms with Crippen molar-refractivity contribution in [3.63, 3.8) is 0 Å². The Labute approximate surface area is 215 Å². The predicted molar refractivity (Wildman–Crippen MR) is 136 cm³/mol. The van der Waals surface area contributed by atoms with Crippen molar-refractivity contribution in [2.45, 2.75) is 46.3 Å². The van der Waals surface area contributed by atoms with Gasteiger partial charge in [-0.3, -0.25) is 32.7 Å². The molecule has 1 aliphatic rings. The van der Waals surface area contributed by atoms with E-state index in [-0.39, 0.29) is 56.0 Å². The average molecular weight is 541 g/mol. The van der Waals surface area contributed by atoms with E-state index in [1.165, 1.54) is 6.08 Å². The van der Waals surface area contributed by atoms with Gasteiger partial charge in [-0.2, -0.15) is 0 Å². The lowest BCUT2D eigenvalue weighted by Crippen LogP contribution is -2.50. The number of ketones is 1. The number of thioether (sulfide) groups is 1. The van der Waals surface area contributed by atoms with Gasteiger partial charge in [0.2, 0.25) is 11.8 Å². The molecule has 1 aromatic rings. The summed E-state index contributed by atoms with van der Waals surface area (Å²) in [6, 6.07) is 9.09. The second-order valence-electron chi connectivity index (χ2n) is 8.71. The number of nitrogens with one attached hydrogen (secondary N) is 2. The molecule has 0 bridgehead atoms. The van der Waals surface area contributed by atoms with Crippen molar-refractivity contribution in [3.05, 3.63) is 48.0 Å². The quantitative estimate of drug-likeness (QED) is 0.167. The molecule has 0 radical (unpaired) electrons. The molecule has 1 fully saturated rings. The first-order valence-corrected chi connectivity index (χ1v) is 14.0. The van der Waals surface area contributed by atoms with Crippen LogP contribution in [0.2, 0.25) is 0 Å². The molecule has 2 rings (SSSR count). The molecule has 0 aromatic heterocycles. The van der Waals surface area contributed by atoms with Crippen molar-refractivity contribution < 1.29 is 37.3 Å². The van der Waals surface area contributed by atoms with E-state index in [1.807, 2.05) is 18.2 Å². The van der Waals surface area contributed by atoms with E-state index in [0.29, 0.717) is 5.75 Å². The summed E-state index contributed by atoms with van der Waals surface area (Å²) in [6.07, 6.45) is 1.66. The molecule has 1 unspecified atom stereocenters. The minimum absolute atomic E-state index is 0.00301. The molecule has 2 amide bonds. The third kappa shape index (κ3) is 10.4. The number of hydrogen-bond donors (Lipinski definition) is 2. The Hall–Kier alpha value is -2.30. The number of carbonyl (C=O) groups is 4. The summed E-state index contributed by atoms with van der Waals surface area (Å²) in [7, 11) is -3.95. The van der Waals surface area contributed by atoms with E-state index < -0.39 is 25.2 Å². The van der Waals surface area contributed by atoms with E-state index in [2.05, 4.69) is 10.6 Å². The molecule has 36 heavy (non-hydrogen) atoms. The van der Waals surface area contributed by atoms with Crippen LogP contribution in [0, 0.1) is 5.41 Å². The number of phosphoric ester groups is 1. The summed E-state index contributed by atoms with van der Waals surface area (Å²) in [4.78, 5) is 47.8. The summed E-state index contributed by atoms with van der Waals surface area (Å²) in [5, 5.41) is 5.03. The summed E-state index contributed by atoms with van der Waals surface area (Å²) in [5.74, 6) is -0.753. The van der Waals surface area contributed by atoms with Crippen molar-refractivity contribution in [2.24, 2.45) is 5.41 Å². The van der Waals surface area contributed by atoms with E-state index in [9.17, 15) is 23.7 Å². The number of amides is 2. The van der Waals surface area contributed by atoms with Crippen LogP contribution in [0.15, 0.2) is 42.5 Å². The largest absolute Gasteiger partial charge is 0.475 e. The van der Waals surface area contributed by atoms with Gasteiger partial charge in [0.15, 0.2) is 17.0 Å². The van der Waals surface area contributed by atoms with E-state index in [1.54, 1.807) is 39.0 Å². The van der Waals surface area contributed by atoms with Crippen LogP contribution in [0.1, 0.15) is 39.2 Å². The normalized spacial score (nSPS) is 21.1. The fourth-order valence-corrected chi connectivity index (χ4v) is 5.41. The van der Waals surface area contributed by atoms with Crippen LogP contribution < -0.4 is 10.6 Å². The highest BCUT2D eigenvalue weighted by Crippen LogP contribution is 2.57. The van der Waals surface area contributed by atoms with Gasteiger partial charge in [-0.15, -0.1) is 0 Å². The van der Waals surface area contributed by atoms with Crippen LogP contribution in [0.5, 0.6) is 0 Å².